The molecule has 0 radical (unpaired) electrons. The summed E-state index contributed by atoms with van der Waals surface area (Å²) < 4.78 is 0. The lowest BCUT2D eigenvalue weighted by atomic mass is 9.98. The van der Waals surface area contributed by atoms with Crippen molar-refractivity contribution in [3.8, 4) is 0 Å². The molecule has 0 aromatic heterocycles. The highest BCUT2D eigenvalue weighted by Gasteiger charge is 2.23. The van der Waals surface area contributed by atoms with Crippen LogP contribution in [0.25, 0.3) is 0 Å². The molecule has 142 valence electrons. The molecule has 1 saturated heterocycles. The molecule has 3 aromatic rings. The Kier molecular flexibility index (Phi) is 5.75. The van der Waals surface area contributed by atoms with Crippen LogP contribution in [0.5, 0.6) is 0 Å². The lowest BCUT2D eigenvalue weighted by Crippen LogP contribution is -2.19. The van der Waals surface area contributed by atoms with Gasteiger partial charge in [-0.2, -0.15) is 0 Å². The van der Waals surface area contributed by atoms with Crippen molar-refractivity contribution < 1.29 is 4.79 Å². The van der Waals surface area contributed by atoms with Gasteiger partial charge in [-0.3, -0.25) is 9.69 Å². The largest absolute Gasteiger partial charge is 0.322 e. The van der Waals surface area contributed by atoms with Gasteiger partial charge in [-0.15, -0.1) is 0 Å². The van der Waals surface area contributed by atoms with Crippen molar-refractivity contribution in [1.82, 2.24) is 4.90 Å². The molecule has 3 aromatic carbocycles. The average Bonchev–Trinajstić information content (AvgIpc) is 3.18. The second-order valence-corrected chi connectivity index (χ2v) is 7.73. The zero-order valence-electron chi connectivity index (χ0n) is 15.6. The minimum atomic E-state index is -0.126. The van der Waals surface area contributed by atoms with Crippen LogP contribution in [0, 0.1) is 0 Å². The minimum Gasteiger partial charge on any atom is -0.322 e. The molecule has 1 unspecified atom stereocenters. The van der Waals surface area contributed by atoms with Crippen LogP contribution in [-0.2, 0) is 6.54 Å². The normalized spacial score (nSPS) is 16.8. The summed E-state index contributed by atoms with van der Waals surface area (Å²) in [6.07, 6.45) is 1.17. The summed E-state index contributed by atoms with van der Waals surface area (Å²) in [5.74, 6) is 0.420. The maximum absolute atomic E-state index is 12.3. The van der Waals surface area contributed by atoms with Gasteiger partial charge >= 0.3 is 0 Å². The number of hydrogen-bond donors (Lipinski definition) is 1. The number of likely N-dealkylation sites (tertiary alicyclic amines) is 1. The van der Waals surface area contributed by atoms with E-state index in [0.717, 1.165) is 25.3 Å². The SMILES string of the molecule is O=C(Nc1ccc(C2CCN(Cc3ccccc3)C2)cc1)c1ccc(Cl)cc1. The first kappa shape index (κ1) is 18.7. The van der Waals surface area contributed by atoms with Gasteiger partial charge in [-0.1, -0.05) is 54.1 Å². The third-order valence-electron chi connectivity index (χ3n) is 5.27. The standard InChI is InChI=1S/C24H23ClN2O/c25-22-10-6-20(7-11-22)24(28)26-23-12-8-19(9-13-23)21-14-15-27(17-21)16-18-4-2-1-3-5-18/h1-13,21H,14-17H2,(H,26,28). The molecule has 3 nitrogen and oxygen atoms in total. The van der Waals surface area contributed by atoms with E-state index in [1.807, 2.05) is 12.1 Å². The first-order valence-electron chi connectivity index (χ1n) is 9.60. The van der Waals surface area contributed by atoms with E-state index in [-0.39, 0.29) is 5.91 Å². The van der Waals surface area contributed by atoms with Crippen LogP contribution in [0.2, 0.25) is 5.02 Å². The number of hydrogen-bond acceptors (Lipinski definition) is 2. The number of anilines is 1. The van der Waals surface area contributed by atoms with E-state index in [2.05, 4.69) is 52.7 Å². The van der Waals surface area contributed by atoms with Crippen molar-refractivity contribution in [3.63, 3.8) is 0 Å². The Bertz CT molecular complexity index is 923. The number of halogens is 1. The van der Waals surface area contributed by atoms with Gasteiger partial charge in [0.05, 0.1) is 0 Å². The third kappa shape index (κ3) is 4.61. The molecule has 1 aliphatic rings. The summed E-state index contributed by atoms with van der Waals surface area (Å²) in [5, 5.41) is 3.57. The van der Waals surface area contributed by atoms with Gasteiger partial charge in [0.2, 0.25) is 0 Å². The molecule has 0 saturated carbocycles. The summed E-state index contributed by atoms with van der Waals surface area (Å²) in [7, 11) is 0. The van der Waals surface area contributed by atoms with Gasteiger partial charge in [-0.05, 0) is 66.4 Å². The second kappa shape index (κ2) is 8.59. The zero-order chi connectivity index (χ0) is 19.3. The number of rotatable bonds is 5. The number of carbonyl (C=O) groups is 1. The number of nitrogens with one attached hydrogen (secondary N) is 1. The average molecular weight is 391 g/mol. The molecule has 1 atom stereocenters. The van der Waals surface area contributed by atoms with Gasteiger partial charge in [0.25, 0.3) is 5.91 Å². The van der Waals surface area contributed by atoms with Crippen LogP contribution in [0.15, 0.2) is 78.9 Å². The highest BCUT2D eigenvalue weighted by Crippen LogP contribution is 2.29. The highest BCUT2D eigenvalue weighted by atomic mass is 35.5. The fraction of sp³-hybridized carbons (Fsp3) is 0.208. The van der Waals surface area contributed by atoms with E-state index >= 15 is 0 Å². The molecular formula is C24H23ClN2O. The summed E-state index contributed by atoms with van der Waals surface area (Å²) in [6.45, 7) is 3.20. The molecule has 1 heterocycles. The smallest absolute Gasteiger partial charge is 0.255 e. The predicted octanol–water partition coefficient (Wildman–Crippen LogP) is 5.58. The van der Waals surface area contributed by atoms with E-state index in [1.54, 1.807) is 24.3 Å². The summed E-state index contributed by atoms with van der Waals surface area (Å²) >= 11 is 5.88. The summed E-state index contributed by atoms with van der Waals surface area (Å²) in [6, 6.07) is 25.8. The lowest BCUT2D eigenvalue weighted by Gasteiger charge is -2.16. The van der Waals surface area contributed by atoms with E-state index in [4.69, 9.17) is 11.6 Å². The van der Waals surface area contributed by atoms with Gasteiger partial charge in [-0.25, -0.2) is 0 Å². The molecule has 1 fully saturated rings. The number of carbonyl (C=O) groups excluding carboxylic acids is 1. The maximum atomic E-state index is 12.3. The summed E-state index contributed by atoms with van der Waals surface area (Å²) in [5.41, 5.74) is 4.10. The van der Waals surface area contributed by atoms with Crippen molar-refractivity contribution in [2.24, 2.45) is 0 Å². The molecule has 0 spiro atoms. The molecule has 4 heteroatoms. The first-order chi connectivity index (χ1) is 13.7. The topological polar surface area (TPSA) is 32.3 Å². The van der Waals surface area contributed by atoms with Crippen LogP contribution in [0.1, 0.15) is 33.8 Å². The van der Waals surface area contributed by atoms with Gasteiger partial charge in [0, 0.05) is 29.4 Å². The van der Waals surface area contributed by atoms with Crippen molar-refractivity contribution >= 4 is 23.2 Å². The summed E-state index contributed by atoms with van der Waals surface area (Å²) in [4.78, 5) is 14.8. The third-order valence-corrected chi connectivity index (χ3v) is 5.52. The van der Waals surface area contributed by atoms with Crippen molar-refractivity contribution in [1.29, 1.82) is 0 Å². The monoisotopic (exact) mass is 390 g/mol. The van der Waals surface area contributed by atoms with Gasteiger partial charge in [0.1, 0.15) is 0 Å². The first-order valence-corrected chi connectivity index (χ1v) is 9.98. The molecule has 1 amide bonds. The Balaban J connectivity index is 1.34. The van der Waals surface area contributed by atoms with Crippen molar-refractivity contribution in [2.75, 3.05) is 18.4 Å². The fourth-order valence-electron chi connectivity index (χ4n) is 3.73. The number of benzene rings is 3. The van der Waals surface area contributed by atoms with Crippen LogP contribution >= 0.6 is 11.6 Å². The second-order valence-electron chi connectivity index (χ2n) is 7.29. The van der Waals surface area contributed by atoms with E-state index in [0.29, 0.717) is 16.5 Å². The van der Waals surface area contributed by atoms with E-state index in [9.17, 15) is 4.79 Å². The Morgan fingerprint density at radius 2 is 1.68 bits per heavy atom. The van der Waals surface area contributed by atoms with Crippen LogP contribution in [0.4, 0.5) is 5.69 Å². The number of nitrogens with zero attached hydrogens (tertiary/aromatic N) is 1. The van der Waals surface area contributed by atoms with E-state index in [1.165, 1.54) is 17.5 Å². The zero-order valence-corrected chi connectivity index (χ0v) is 16.4. The van der Waals surface area contributed by atoms with Gasteiger partial charge < -0.3 is 5.32 Å². The molecular weight excluding hydrogens is 368 g/mol. The Morgan fingerprint density at radius 1 is 0.964 bits per heavy atom. The molecule has 1 aliphatic heterocycles. The Hall–Kier alpha value is -2.62. The van der Waals surface area contributed by atoms with E-state index < -0.39 is 0 Å². The minimum absolute atomic E-state index is 0.126. The molecule has 4 rings (SSSR count). The van der Waals surface area contributed by atoms with Crippen LogP contribution < -0.4 is 5.32 Å². The quantitative estimate of drug-likeness (QED) is 0.616. The van der Waals surface area contributed by atoms with Crippen LogP contribution in [0.3, 0.4) is 0 Å². The van der Waals surface area contributed by atoms with Crippen LogP contribution in [-0.4, -0.2) is 23.9 Å². The molecule has 0 bridgehead atoms. The van der Waals surface area contributed by atoms with Crippen molar-refractivity contribution in [2.45, 2.75) is 18.9 Å². The fourth-order valence-corrected chi connectivity index (χ4v) is 3.86. The van der Waals surface area contributed by atoms with Crippen molar-refractivity contribution in [3.05, 3.63) is 101 Å². The maximum Gasteiger partial charge on any atom is 0.255 e. The van der Waals surface area contributed by atoms with Gasteiger partial charge in [0.15, 0.2) is 0 Å². The predicted molar refractivity (Wildman–Crippen MR) is 115 cm³/mol. The highest BCUT2D eigenvalue weighted by molar-refractivity contribution is 6.30. The molecule has 1 N–H and O–H groups in total. The molecule has 28 heavy (non-hydrogen) atoms. The Morgan fingerprint density at radius 3 is 2.39 bits per heavy atom. The number of amides is 1. The lowest BCUT2D eigenvalue weighted by molar-refractivity contribution is 0.102. The molecule has 0 aliphatic carbocycles. The Labute approximate surface area is 171 Å².